The zero-order valence-corrected chi connectivity index (χ0v) is 14.9. The van der Waals surface area contributed by atoms with Crippen LogP contribution in [0.15, 0.2) is 70.6 Å². The number of fused-ring (bicyclic) bond motifs is 1. The molecule has 0 radical (unpaired) electrons. The molecular formula is C18H17NO3S2. The number of ether oxygens (including phenoxy) is 1. The van der Waals surface area contributed by atoms with E-state index in [1.165, 1.54) is 29.6 Å². The molecule has 1 N–H and O–H groups in total. The van der Waals surface area contributed by atoms with Gasteiger partial charge in [-0.2, -0.15) is 0 Å². The fourth-order valence-electron chi connectivity index (χ4n) is 2.05. The van der Waals surface area contributed by atoms with Gasteiger partial charge in [-0.3, -0.25) is 0 Å². The highest BCUT2D eigenvalue weighted by atomic mass is 32.2. The first kappa shape index (κ1) is 18.2. The summed E-state index contributed by atoms with van der Waals surface area (Å²) in [5, 5.41) is 11.9. The van der Waals surface area contributed by atoms with Crippen LogP contribution in [0.25, 0.3) is 0 Å². The molecule has 1 heterocycles. The third-order valence-corrected chi connectivity index (χ3v) is 4.70. The minimum Gasteiger partial charge on any atom is -0.508 e. The van der Waals surface area contributed by atoms with E-state index in [0.29, 0.717) is 28.5 Å². The number of esters is 1. The third kappa shape index (κ3) is 4.21. The summed E-state index contributed by atoms with van der Waals surface area (Å²) in [6.45, 7) is 11.5. The topological polar surface area (TPSA) is 58.9 Å². The van der Waals surface area contributed by atoms with E-state index in [4.69, 9.17) is 4.74 Å². The van der Waals surface area contributed by atoms with E-state index in [-0.39, 0.29) is 5.75 Å². The Kier molecular flexibility index (Phi) is 6.11. The fourth-order valence-corrected chi connectivity index (χ4v) is 3.22. The van der Waals surface area contributed by atoms with Gasteiger partial charge in [0.2, 0.25) is 0 Å². The number of thioether (sulfide) groups is 2. The van der Waals surface area contributed by atoms with Crippen molar-refractivity contribution < 1.29 is 14.6 Å². The van der Waals surface area contributed by atoms with E-state index in [1.807, 2.05) is 6.26 Å². The molecule has 0 aromatic heterocycles. The van der Waals surface area contributed by atoms with Crippen LogP contribution in [0.3, 0.4) is 0 Å². The zero-order valence-electron chi connectivity index (χ0n) is 13.2. The van der Waals surface area contributed by atoms with Crippen LogP contribution in [-0.4, -0.2) is 22.4 Å². The number of benzene rings is 1. The number of aliphatic imine (C=N–C) groups is 1. The van der Waals surface area contributed by atoms with E-state index in [2.05, 4.69) is 24.7 Å². The quantitative estimate of drug-likeness (QED) is 0.364. The molecule has 2 rings (SSSR count). The van der Waals surface area contributed by atoms with Crippen molar-refractivity contribution in [1.82, 2.24) is 0 Å². The Morgan fingerprint density at radius 2 is 2.17 bits per heavy atom. The molecule has 0 saturated heterocycles. The fraction of sp³-hybridized carbons (Fsp3) is 0.111. The number of aromatic hydroxyl groups is 1. The Labute approximate surface area is 149 Å². The zero-order chi connectivity index (χ0) is 17.7. The maximum Gasteiger partial charge on any atom is 0.345 e. The average Bonchev–Trinajstić information content (AvgIpc) is 2.70. The molecule has 6 heteroatoms. The van der Waals surface area contributed by atoms with Crippen molar-refractivity contribution in [3.8, 4) is 11.5 Å². The van der Waals surface area contributed by atoms with Gasteiger partial charge in [0.05, 0.1) is 11.3 Å². The van der Waals surface area contributed by atoms with Gasteiger partial charge in [-0.25, -0.2) is 9.79 Å². The number of nitrogens with zero attached hydrogens (tertiary/aromatic N) is 1. The third-order valence-electron chi connectivity index (χ3n) is 3.20. The second kappa shape index (κ2) is 8.08. The Morgan fingerprint density at radius 1 is 1.42 bits per heavy atom. The van der Waals surface area contributed by atoms with E-state index >= 15 is 0 Å². The van der Waals surface area contributed by atoms with Gasteiger partial charge in [0.1, 0.15) is 16.5 Å². The number of carbonyl (C=O) groups excluding carboxylic acids is 1. The second-order valence-electron chi connectivity index (χ2n) is 4.78. The molecule has 24 heavy (non-hydrogen) atoms. The smallest absolute Gasteiger partial charge is 0.345 e. The Morgan fingerprint density at radius 3 is 2.83 bits per heavy atom. The summed E-state index contributed by atoms with van der Waals surface area (Å²) in [5.74, 6) is -0.153. The largest absolute Gasteiger partial charge is 0.508 e. The summed E-state index contributed by atoms with van der Waals surface area (Å²) in [5.41, 5.74) is 1.42. The van der Waals surface area contributed by atoms with Gasteiger partial charge in [0.25, 0.3) is 0 Å². The molecule has 1 aliphatic rings. The van der Waals surface area contributed by atoms with Crippen LogP contribution >= 0.6 is 23.5 Å². The maximum absolute atomic E-state index is 12.3. The predicted molar refractivity (Wildman–Crippen MR) is 103 cm³/mol. The van der Waals surface area contributed by atoms with E-state index in [1.54, 1.807) is 23.6 Å². The first-order chi connectivity index (χ1) is 11.5. The summed E-state index contributed by atoms with van der Waals surface area (Å²) in [6, 6.07) is 4.70. The summed E-state index contributed by atoms with van der Waals surface area (Å²) in [7, 11) is 0. The lowest BCUT2D eigenvalue weighted by molar-refractivity contribution is -0.129. The average molecular weight is 359 g/mol. The number of phenols is 1. The number of hydrogen-bond donors (Lipinski definition) is 1. The molecule has 1 aliphatic heterocycles. The van der Waals surface area contributed by atoms with E-state index in [0.717, 1.165) is 10.5 Å². The minimum atomic E-state index is -0.546. The Bertz CT molecular complexity index is 778. The van der Waals surface area contributed by atoms with Crippen LogP contribution in [0.1, 0.15) is 5.56 Å². The summed E-state index contributed by atoms with van der Waals surface area (Å²) in [4.78, 5) is 17.5. The standard InChI is InChI=1S/C18H17NO3S2/c1-5-24-12(3)17(23-4)19-11(2)15-9-7-13-6-8-14(20)10-16(13)22-18(15)21/h5-6,8-10,20H,1-3,7H2,4H3. The minimum absolute atomic E-state index is 0.0456. The maximum atomic E-state index is 12.3. The number of phenolic OH excluding ortho intramolecular Hbond substituents is 1. The van der Waals surface area contributed by atoms with E-state index in [9.17, 15) is 9.90 Å². The van der Waals surface area contributed by atoms with Crippen molar-refractivity contribution in [2.75, 3.05) is 6.26 Å². The van der Waals surface area contributed by atoms with Gasteiger partial charge in [0, 0.05) is 11.0 Å². The highest BCUT2D eigenvalue weighted by Gasteiger charge is 2.21. The van der Waals surface area contributed by atoms with Crippen molar-refractivity contribution in [2.24, 2.45) is 4.99 Å². The van der Waals surface area contributed by atoms with Crippen LogP contribution in [0.4, 0.5) is 0 Å². The van der Waals surface area contributed by atoms with Crippen LogP contribution < -0.4 is 4.74 Å². The van der Waals surface area contributed by atoms with Gasteiger partial charge in [-0.05, 0) is 29.7 Å². The SMILES string of the molecule is C=CSC(=C)C(=NC(=C)C1=CCc2ccc(O)cc2OC1=O)SC. The van der Waals surface area contributed by atoms with Crippen LogP contribution in [0.5, 0.6) is 11.5 Å². The van der Waals surface area contributed by atoms with Gasteiger partial charge in [-0.1, -0.05) is 43.6 Å². The molecule has 0 spiro atoms. The van der Waals surface area contributed by atoms with Gasteiger partial charge in [-0.15, -0.1) is 11.8 Å². The molecule has 0 fully saturated rings. The number of hydrogen-bond acceptors (Lipinski definition) is 6. The number of rotatable bonds is 5. The molecule has 0 aliphatic carbocycles. The van der Waals surface area contributed by atoms with Gasteiger partial charge >= 0.3 is 5.97 Å². The summed E-state index contributed by atoms with van der Waals surface area (Å²) in [6.07, 6.45) is 4.10. The lowest BCUT2D eigenvalue weighted by Crippen LogP contribution is -2.12. The lowest BCUT2D eigenvalue weighted by Gasteiger charge is -2.09. The molecule has 0 atom stereocenters. The van der Waals surface area contributed by atoms with Crippen molar-refractivity contribution in [2.45, 2.75) is 6.42 Å². The lowest BCUT2D eigenvalue weighted by atomic mass is 10.1. The summed E-state index contributed by atoms with van der Waals surface area (Å²) < 4.78 is 5.35. The first-order valence-electron chi connectivity index (χ1n) is 6.99. The van der Waals surface area contributed by atoms with Crippen molar-refractivity contribution in [1.29, 1.82) is 0 Å². The number of allylic oxidation sites excluding steroid dienone is 1. The monoisotopic (exact) mass is 359 g/mol. The molecule has 0 bridgehead atoms. The Hall–Kier alpha value is -2.18. The van der Waals surface area contributed by atoms with Crippen LogP contribution in [0.2, 0.25) is 0 Å². The van der Waals surface area contributed by atoms with Crippen molar-refractivity contribution in [3.63, 3.8) is 0 Å². The van der Waals surface area contributed by atoms with Crippen molar-refractivity contribution >= 4 is 34.5 Å². The number of carbonyl (C=O) groups is 1. The molecule has 4 nitrogen and oxygen atoms in total. The molecule has 0 unspecified atom stereocenters. The van der Waals surface area contributed by atoms with Crippen molar-refractivity contribution in [3.05, 3.63) is 71.2 Å². The molecule has 1 aromatic carbocycles. The molecule has 0 saturated carbocycles. The normalized spacial score (nSPS) is 14.1. The van der Waals surface area contributed by atoms with E-state index < -0.39 is 5.97 Å². The molecule has 1 aromatic rings. The van der Waals surface area contributed by atoms with Crippen LogP contribution in [-0.2, 0) is 11.2 Å². The van der Waals surface area contributed by atoms with Gasteiger partial charge in [0.15, 0.2) is 0 Å². The van der Waals surface area contributed by atoms with Crippen LogP contribution in [0, 0.1) is 0 Å². The van der Waals surface area contributed by atoms with Gasteiger partial charge < -0.3 is 9.84 Å². The predicted octanol–water partition coefficient (Wildman–Crippen LogP) is 4.45. The second-order valence-corrected chi connectivity index (χ2v) is 6.64. The molecule has 0 amide bonds. The Balaban J connectivity index is 2.27. The first-order valence-corrected chi connectivity index (χ1v) is 9.09. The highest BCUT2D eigenvalue weighted by Crippen LogP contribution is 2.30. The summed E-state index contributed by atoms with van der Waals surface area (Å²) >= 11 is 2.78. The molecule has 124 valence electrons. The highest BCUT2D eigenvalue weighted by molar-refractivity contribution is 8.18. The molecular weight excluding hydrogens is 342 g/mol.